The molecule has 9 heteroatoms. The van der Waals surface area contributed by atoms with Crippen molar-refractivity contribution in [2.75, 3.05) is 0 Å². The summed E-state index contributed by atoms with van der Waals surface area (Å²) >= 11 is 13.1. The molecule has 0 aliphatic heterocycles. The maximum atomic E-state index is 12.3. The molecule has 2 unspecified atom stereocenters. The number of hydrogen-bond donors (Lipinski definition) is 1. The Labute approximate surface area is 171 Å². The second-order valence-electron chi connectivity index (χ2n) is 6.07. The monoisotopic (exact) mass is 430 g/mol. The molecule has 0 saturated heterocycles. The third-order valence-corrected chi connectivity index (χ3v) is 5.42. The zero-order valence-corrected chi connectivity index (χ0v) is 17.5. The van der Waals surface area contributed by atoms with E-state index < -0.39 is 18.0 Å². The second kappa shape index (κ2) is 9.39. The zero-order valence-electron chi connectivity index (χ0n) is 15.1. The highest BCUT2D eigenvalue weighted by molar-refractivity contribution is 7.07. The maximum Gasteiger partial charge on any atom is 0.308 e. The van der Waals surface area contributed by atoms with E-state index in [1.807, 2.05) is 0 Å². The van der Waals surface area contributed by atoms with Crippen molar-refractivity contribution in [3.8, 4) is 0 Å². The Hall–Kier alpha value is -1.83. The summed E-state index contributed by atoms with van der Waals surface area (Å²) in [7, 11) is 0. The van der Waals surface area contributed by atoms with Crippen LogP contribution in [-0.2, 0) is 20.9 Å². The molecule has 1 heterocycles. The van der Waals surface area contributed by atoms with E-state index in [1.165, 1.54) is 11.5 Å². The fraction of sp³-hybridized carbons (Fsp3) is 0.389. The molecule has 2 rings (SSSR count). The van der Waals surface area contributed by atoms with Crippen molar-refractivity contribution in [3.05, 3.63) is 54.5 Å². The van der Waals surface area contributed by atoms with Gasteiger partial charge in [-0.25, -0.2) is 0 Å². The molecule has 0 fully saturated rings. The van der Waals surface area contributed by atoms with Crippen molar-refractivity contribution >= 4 is 46.4 Å². The van der Waals surface area contributed by atoms with E-state index in [1.54, 1.807) is 37.4 Å². The molecule has 2 atom stereocenters. The van der Waals surface area contributed by atoms with Gasteiger partial charge in [-0.15, -0.1) is 0 Å². The number of carbonyl (C=O) groups excluding carboxylic acids is 2. The van der Waals surface area contributed by atoms with Crippen LogP contribution in [-0.4, -0.2) is 22.5 Å². The first-order valence-electron chi connectivity index (χ1n) is 8.28. The number of aryl methyl sites for hydroxylation is 1. The molecule has 0 aliphatic rings. The van der Waals surface area contributed by atoms with Crippen LogP contribution in [0.5, 0.6) is 0 Å². The summed E-state index contributed by atoms with van der Waals surface area (Å²) in [6, 6.07) is 4.63. The minimum atomic E-state index is -0.966. The molecule has 2 aromatic rings. The molecule has 0 spiro atoms. The van der Waals surface area contributed by atoms with Gasteiger partial charge in [0.2, 0.25) is 0 Å². The SMILES string of the molecule is Cc1csc(=O)n1CCC(=O)OC(C)C(=O)NC(C)c1ccc(Cl)cc1Cl. The predicted octanol–water partition coefficient (Wildman–Crippen LogP) is 3.72. The first kappa shape index (κ1) is 21.5. The summed E-state index contributed by atoms with van der Waals surface area (Å²) in [6.45, 7) is 5.28. The maximum absolute atomic E-state index is 12.3. The summed E-state index contributed by atoms with van der Waals surface area (Å²) in [5, 5.41) is 5.43. The largest absolute Gasteiger partial charge is 0.452 e. The Balaban J connectivity index is 1.87. The van der Waals surface area contributed by atoms with Crippen molar-refractivity contribution in [2.24, 2.45) is 0 Å². The van der Waals surface area contributed by atoms with Gasteiger partial charge in [0.1, 0.15) is 0 Å². The van der Waals surface area contributed by atoms with Crippen LogP contribution in [0.1, 0.15) is 37.6 Å². The van der Waals surface area contributed by atoms with Crippen LogP contribution in [0.25, 0.3) is 0 Å². The highest BCUT2D eigenvalue weighted by Crippen LogP contribution is 2.26. The lowest BCUT2D eigenvalue weighted by molar-refractivity contribution is -0.155. The van der Waals surface area contributed by atoms with Gasteiger partial charge in [0.05, 0.1) is 12.5 Å². The number of halogens is 2. The summed E-state index contributed by atoms with van der Waals surface area (Å²) in [4.78, 5) is 35.8. The smallest absolute Gasteiger partial charge is 0.308 e. The quantitative estimate of drug-likeness (QED) is 0.678. The number of rotatable bonds is 7. The highest BCUT2D eigenvalue weighted by atomic mass is 35.5. The van der Waals surface area contributed by atoms with Crippen molar-refractivity contribution in [3.63, 3.8) is 0 Å². The number of esters is 1. The van der Waals surface area contributed by atoms with Gasteiger partial charge >= 0.3 is 10.8 Å². The lowest BCUT2D eigenvalue weighted by Crippen LogP contribution is -2.37. The molecule has 0 saturated carbocycles. The normalized spacial score (nSPS) is 13.1. The van der Waals surface area contributed by atoms with Crippen molar-refractivity contribution in [1.82, 2.24) is 9.88 Å². The Bertz CT molecular complexity index is 894. The highest BCUT2D eigenvalue weighted by Gasteiger charge is 2.21. The Kier molecular flexibility index (Phi) is 7.47. The lowest BCUT2D eigenvalue weighted by atomic mass is 10.1. The summed E-state index contributed by atoms with van der Waals surface area (Å²) in [6.07, 6.45) is -0.959. The van der Waals surface area contributed by atoms with Gasteiger partial charge in [-0.1, -0.05) is 40.6 Å². The standard InChI is InChI=1S/C18H20Cl2N2O4S/c1-10-9-27-18(25)22(10)7-6-16(23)26-12(3)17(24)21-11(2)14-5-4-13(19)8-15(14)20/h4-5,8-9,11-12H,6-7H2,1-3H3,(H,21,24). The Morgan fingerprint density at radius 1 is 1.30 bits per heavy atom. The fourth-order valence-corrected chi connectivity index (χ4v) is 3.78. The number of hydrogen-bond acceptors (Lipinski definition) is 5. The van der Waals surface area contributed by atoms with Gasteiger partial charge < -0.3 is 14.6 Å². The first-order chi connectivity index (χ1) is 12.7. The Morgan fingerprint density at radius 2 is 2.00 bits per heavy atom. The summed E-state index contributed by atoms with van der Waals surface area (Å²) in [5.74, 6) is -0.988. The molecule has 0 radical (unpaired) electrons. The molecule has 1 N–H and O–H groups in total. The van der Waals surface area contributed by atoms with Crippen LogP contribution in [0.4, 0.5) is 0 Å². The van der Waals surface area contributed by atoms with Crippen LogP contribution in [0.2, 0.25) is 10.0 Å². The van der Waals surface area contributed by atoms with Crippen molar-refractivity contribution in [1.29, 1.82) is 0 Å². The molecule has 1 amide bonds. The number of aromatic nitrogens is 1. The first-order valence-corrected chi connectivity index (χ1v) is 9.92. The number of carbonyl (C=O) groups is 2. The number of thiazole rings is 1. The van der Waals surface area contributed by atoms with Gasteiger partial charge in [-0.3, -0.25) is 14.4 Å². The van der Waals surface area contributed by atoms with E-state index in [0.717, 1.165) is 17.0 Å². The molecule has 1 aromatic carbocycles. The number of nitrogens with zero attached hydrogens (tertiary/aromatic N) is 1. The van der Waals surface area contributed by atoms with Gasteiger partial charge in [0, 0.05) is 27.7 Å². The van der Waals surface area contributed by atoms with E-state index in [0.29, 0.717) is 15.6 Å². The Morgan fingerprint density at radius 3 is 2.59 bits per heavy atom. The predicted molar refractivity (Wildman–Crippen MR) is 107 cm³/mol. The molecular formula is C18H20Cl2N2O4S. The number of nitrogens with one attached hydrogen (secondary N) is 1. The van der Waals surface area contributed by atoms with E-state index in [-0.39, 0.29) is 23.9 Å². The van der Waals surface area contributed by atoms with Gasteiger partial charge in [-0.05, 0) is 38.5 Å². The van der Waals surface area contributed by atoms with Crippen LogP contribution in [0.3, 0.4) is 0 Å². The van der Waals surface area contributed by atoms with Crippen molar-refractivity contribution < 1.29 is 14.3 Å². The third-order valence-electron chi connectivity index (χ3n) is 3.98. The van der Waals surface area contributed by atoms with Crippen LogP contribution < -0.4 is 10.2 Å². The molecule has 0 bridgehead atoms. The van der Waals surface area contributed by atoms with E-state index in [4.69, 9.17) is 27.9 Å². The topological polar surface area (TPSA) is 77.4 Å². The molecule has 146 valence electrons. The average Bonchev–Trinajstić information content (AvgIpc) is 2.90. The van der Waals surface area contributed by atoms with E-state index in [2.05, 4.69) is 5.32 Å². The summed E-state index contributed by atoms with van der Waals surface area (Å²) < 4.78 is 6.66. The number of benzene rings is 1. The second-order valence-corrected chi connectivity index (χ2v) is 7.74. The molecule has 0 aliphatic carbocycles. The molecule has 27 heavy (non-hydrogen) atoms. The lowest BCUT2D eigenvalue weighted by Gasteiger charge is -2.19. The average molecular weight is 431 g/mol. The van der Waals surface area contributed by atoms with Crippen LogP contribution >= 0.6 is 34.5 Å². The fourth-order valence-electron chi connectivity index (χ4n) is 2.45. The molecule has 1 aromatic heterocycles. The van der Waals surface area contributed by atoms with Crippen molar-refractivity contribution in [2.45, 2.75) is 45.9 Å². The number of amides is 1. The van der Waals surface area contributed by atoms with Crippen LogP contribution in [0, 0.1) is 6.92 Å². The van der Waals surface area contributed by atoms with E-state index in [9.17, 15) is 14.4 Å². The van der Waals surface area contributed by atoms with E-state index >= 15 is 0 Å². The minimum Gasteiger partial charge on any atom is -0.452 e. The number of ether oxygens (including phenoxy) is 1. The zero-order chi connectivity index (χ0) is 20.1. The minimum absolute atomic E-state index is 0.00761. The molecule has 6 nitrogen and oxygen atoms in total. The van der Waals surface area contributed by atoms with Crippen LogP contribution in [0.15, 0.2) is 28.4 Å². The van der Waals surface area contributed by atoms with Gasteiger partial charge in [0.25, 0.3) is 5.91 Å². The third kappa shape index (κ3) is 5.82. The van der Waals surface area contributed by atoms with Gasteiger partial charge in [0.15, 0.2) is 6.10 Å². The molecular weight excluding hydrogens is 411 g/mol. The van der Waals surface area contributed by atoms with Gasteiger partial charge in [-0.2, -0.15) is 0 Å². The summed E-state index contributed by atoms with van der Waals surface area (Å²) in [5.41, 5.74) is 1.50.